The molecule has 0 aliphatic heterocycles. The van der Waals surface area contributed by atoms with Crippen LogP contribution in [0.3, 0.4) is 0 Å². The van der Waals surface area contributed by atoms with Crippen molar-refractivity contribution in [2.24, 2.45) is 0 Å². The molecule has 1 rings (SSSR count). The van der Waals surface area contributed by atoms with Crippen LogP contribution in [-0.4, -0.2) is 36.6 Å². The van der Waals surface area contributed by atoms with E-state index in [1.807, 2.05) is 0 Å². The normalized spacial score (nSPS) is 13.6. The van der Waals surface area contributed by atoms with Crippen molar-refractivity contribution < 1.29 is 18.0 Å². The molecule has 0 unspecified atom stereocenters. The predicted octanol–water partition coefficient (Wildman–Crippen LogP) is 2.75. The van der Waals surface area contributed by atoms with Crippen LogP contribution in [0.25, 0.3) is 0 Å². The van der Waals surface area contributed by atoms with Gasteiger partial charge in [-0.2, -0.15) is 13.2 Å². The second-order valence-electron chi connectivity index (χ2n) is 4.99. The molecule has 0 saturated carbocycles. The number of hydrogen-bond acceptors (Lipinski definition) is 2. The van der Waals surface area contributed by atoms with Crippen molar-refractivity contribution in [2.75, 3.05) is 13.6 Å². The summed E-state index contributed by atoms with van der Waals surface area (Å²) in [5.41, 5.74) is 0.125. The van der Waals surface area contributed by atoms with E-state index in [4.69, 9.17) is 0 Å². The first-order valence-corrected chi connectivity index (χ1v) is 6.33. The summed E-state index contributed by atoms with van der Waals surface area (Å²) < 4.78 is 39.6. The maximum atomic E-state index is 13.2. The SMILES string of the molecule is CC(C)NC(=O)CN(C)[C@@H](c1ccccc1)C(F)(F)F. The van der Waals surface area contributed by atoms with Crippen LogP contribution in [0.5, 0.6) is 0 Å². The highest BCUT2D eigenvalue weighted by molar-refractivity contribution is 5.78. The molecule has 0 saturated heterocycles. The zero-order valence-corrected chi connectivity index (χ0v) is 11.7. The fourth-order valence-electron chi connectivity index (χ4n) is 2.01. The van der Waals surface area contributed by atoms with Crippen molar-refractivity contribution in [1.82, 2.24) is 10.2 Å². The van der Waals surface area contributed by atoms with Gasteiger partial charge in [-0.1, -0.05) is 30.3 Å². The fourth-order valence-corrected chi connectivity index (χ4v) is 2.01. The zero-order chi connectivity index (χ0) is 15.3. The Morgan fingerprint density at radius 2 is 1.80 bits per heavy atom. The standard InChI is InChI=1S/C14H19F3N2O/c1-10(2)18-12(20)9-19(3)13(14(15,16)17)11-7-5-4-6-8-11/h4-8,10,13H,9H2,1-3H3,(H,18,20)/t13-/m0/s1. The number of amides is 1. The molecule has 112 valence electrons. The number of nitrogens with zero attached hydrogens (tertiary/aromatic N) is 1. The number of carbonyl (C=O) groups is 1. The second-order valence-corrected chi connectivity index (χ2v) is 4.99. The molecule has 6 heteroatoms. The minimum atomic E-state index is -4.44. The van der Waals surface area contributed by atoms with E-state index in [0.29, 0.717) is 0 Å². The summed E-state index contributed by atoms with van der Waals surface area (Å²) in [6.45, 7) is 3.21. The van der Waals surface area contributed by atoms with Crippen molar-refractivity contribution in [3.05, 3.63) is 35.9 Å². The quantitative estimate of drug-likeness (QED) is 0.903. The lowest BCUT2D eigenvalue weighted by Gasteiger charge is -2.30. The van der Waals surface area contributed by atoms with Crippen LogP contribution in [0.2, 0.25) is 0 Å². The molecule has 0 aliphatic rings. The molecule has 0 spiro atoms. The van der Waals surface area contributed by atoms with Crippen LogP contribution in [-0.2, 0) is 4.79 Å². The van der Waals surface area contributed by atoms with Gasteiger partial charge in [-0.05, 0) is 26.5 Å². The van der Waals surface area contributed by atoms with E-state index in [1.165, 1.54) is 19.2 Å². The summed E-state index contributed by atoms with van der Waals surface area (Å²) in [4.78, 5) is 12.6. The molecule has 0 bridgehead atoms. The van der Waals surface area contributed by atoms with Crippen LogP contribution in [0, 0.1) is 0 Å². The Hall–Kier alpha value is -1.56. The molecule has 0 fully saturated rings. The second kappa shape index (κ2) is 6.74. The number of nitrogens with one attached hydrogen (secondary N) is 1. The lowest BCUT2D eigenvalue weighted by molar-refractivity contribution is -0.183. The molecule has 20 heavy (non-hydrogen) atoms. The molecule has 0 radical (unpaired) electrons. The zero-order valence-electron chi connectivity index (χ0n) is 11.7. The molecule has 0 aromatic heterocycles. The van der Waals surface area contributed by atoms with Gasteiger partial charge in [0.15, 0.2) is 0 Å². The maximum absolute atomic E-state index is 13.2. The van der Waals surface area contributed by atoms with Gasteiger partial charge in [0.25, 0.3) is 0 Å². The largest absolute Gasteiger partial charge is 0.408 e. The van der Waals surface area contributed by atoms with Gasteiger partial charge in [0, 0.05) is 6.04 Å². The van der Waals surface area contributed by atoms with Crippen molar-refractivity contribution in [3.8, 4) is 0 Å². The van der Waals surface area contributed by atoms with Crippen molar-refractivity contribution in [2.45, 2.75) is 32.1 Å². The van der Waals surface area contributed by atoms with Gasteiger partial charge >= 0.3 is 6.18 Å². The lowest BCUT2D eigenvalue weighted by Crippen LogP contribution is -2.43. The van der Waals surface area contributed by atoms with E-state index < -0.39 is 18.1 Å². The molecular formula is C14H19F3N2O. The molecule has 1 aromatic carbocycles. The summed E-state index contributed by atoms with van der Waals surface area (Å²) in [7, 11) is 1.30. The number of benzene rings is 1. The smallest absolute Gasteiger partial charge is 0.353 e. The van der Waals surface area contributed by atoms with Crippen molar-refractivity contribution in [1.29, 1.82) is 0 Å². The van der Waals surface area contributed by atoms with Gasteiger partial charge in [-0.15, -0.1) is 0 Å². The Morgan fingerprint density at radius 1 is 1.25 bits per heavy atom. The van der Waals surface area contributed by atoms with E-state index in [9.17, 15) is 18.0 Å². The summed E-state index contributed by atoms with van der Waals surface area (Å²) in [5, 5.41) is 2.58. The summed E-state index contributed by atoms with van der Waals surface area (Å²) in [5.74, 6) is -0.423. The highest BCUT2D eigenvalue weighted by Crippen LogP contribution is 2.36. The van der Waals surface area contributed by atoms with Gasteiger partial charge in [-0.25, -0.2) is 0 Å². The lowest BCUT2D eigenvalue weighted by atomic mass is 10.1. The average molecular weight is 288 g/mol. The van der Waals surface area contributed by atoms with Crippen LogP contribution in [0.4, 0.5) is 13.2 Å². The topological polar surface area (TPSA) is 32.3 Å². The van der Waals surface area contributed by atoms with E-state index in [1.54, 1.807) is 32.0 Å². The van der Waals surface area contributed by atoms with Gasteiger partial charge in [0.05, 0.1) is 6.54 Å². The summed E-state index contributed by atoms with van der Waals surface area (Å²) in [6, 6.07) is 5.69. The van der Waals surface area contributed by atoms with Gasteiger partial charge in [0.2, 0.25) is 5.91 Å². The van der Waals surface area contributed by atoms with E-state index in [-0.39, 0.29) is 18.2 Å². The van der Waals surface area contributed by atoms with E-state index in [0.717, 1.165) is 4.90 Å². The van der Waals surface area contributed by atoms with Crippen molar-refractivity contribution >= 4 is 5.91 Å². The monoisotopic (exact) mass is 288 g/mol. The van der Waals surface area contributed by atoms with Crippen molar-refractivity contribution in [3.63, 3.8) is 0 Å². The number of hydrogen-bond donors (Lipinski definition) is 1. The molecule has 0 aliphatic carbocycles. The van der Waals surface area contributed by atoms with Gasteiger partial charge in [-0.3, -0.25) is 9.69 Å². The number of alkyl halides is 3. The molecule has 1 atom stereocenters. The van der Waals surface area contributed by atoms with Gasteiger partial charge < -0.3 is 5.32 Å². The molecule has 3 nitrogen and oxygen atoms in total. The number of likely N-dealkylation sites (N-methyl/N-ethyl adjacent to an activating group) is 1. The summed E-state index contributed by atoms with van der Waals surface area (Å²) >= 11 is 0. The Labute approximate surface area is 116 Å². The number of halogens is 3. The van der Waals surface area contributed by atoms with Crippen LogP contribution in [0.15, 0.2) is 30.3 Å². The minimum Gasteiger partial charge on any atom is -0.353 e. The predicted molar refractivity (Wildman–Crippen MR) is 71.1 cm³/mol. The first-order chi connectivity index (χ1) is 9.21. The molecule has 0 heterocycles. The first kappa shape index (κ1) is 16.5. The first-order valence-electron chi connectivity index (χ1n) is 6.33. The highest BCUT2D eigenvalue weighted by Gasteiger charge is 2.43. The van der Waals surface area contributed by atoms with Crippen LogP contribution < -0.4 is 5.32 Å². The number of rotatable bonds is 5. The van der Waals surface area contributed by atoms with E-state index in [2.05, 4.69) is 5.32 Å². The molecular weight excluding hydrogens is 269 g/mol. The molecule has 1 N–H and O–H groups in total. The minimum absolute atomic E-state index is 0.100. The number of carbonyl (C=O) groups excluding carboxylic acids is 1. The molecule has 1 aromatic rings. The Bertz CT molecular complexity index is 432. The fraction of sp³-hybridized carbons (Fsp3) is 0.500. The molecule has 1 amide bonds. The van der Waals surface area contributed by atoms with Crippen LogP contribution in [0.1, 0.15) is 25.5 Å². The Kier molecular flexibility index (Phi) is 5.56. The Balaban J connectivity index is 2.87. The summed E-state index contributed by atoms with van der Waals surface area (Å²) in [6.07, 6.45) is -4.44. The Morgan fingerprint density at radius 3 is 2.25 bits per heavy atom. The third kappa shape index (κ3) is 4.85. The average Bonchev–Trinajstić information content (AvgIpc) is 2.26. The third-order valence-corrected chi connectivity index (χ3v) is 2.71. The maximum Gasteiger partial charge on any atom is 0.408 e. The van der Waals surface area contributed by atoms with Crippen LogP contribution >= 0.6 is 0 Å². The van der Waals surface area contributed by atoms with E-state index >= 15 is 0 Å². The highest BCUT2D eigenvalue weighted by atomic mass is 19.4. The van der Waals surface area contributed by atoms with Gasteiger partial charge in [0.1, 0.15) is 6.04 Å². The third-order valence-electron chi connectivity index (χ3n) is 2.71.